The first-order chi connectivity index (χ1) is 10.8. The molecule has 144 valence electrons. The third kappa shape index (κ3) is 10.4. The van der Waals surface area contributed by atoms with Gasteiger partial charge in [-0.2, -0.15) is 0 Å². The van der Waals surface area contributed by atoms with Gasteiger partial charge in [0.05, 0.1) is 26.7 Å². The second-order valence-corrected chi connectivity index (χ2v) is 9.09. The predicted octanol–water partition coefficient (Wildman–Crippen LogP) is 2.55. The highest BCUT2D eigenvalue weighted by Crippen LogP contribution is 2.44. The molecule has 2 N–H and O–H groups in total. The van der Waals surface area contributed by atoms with E-state index in [4.69, 9.17) is 9.05 Å². The van der Waals surface area contributed by atoms with Crippen LogP contribution in [0, 0.1) is 5.41 Å². The second kappa shape index (κ2) is 9.88. The van der Waals surface area contributed by atoms with E-state index in [1.54, 1.807) is 13.8 Å². The van der Waals surface area contributed by atoms with E-state index in [9.17, 15) is 14.3 Å². The van der Waals surface area contributed by atoms with Crippen molar-refractivity contribution in [1.29, 1.82) is 0 Å². The number of amides is 1. The van der Waals surface area contributed by atoms with Crippen molar-refractivity contribution in [3.63, 3.8) is 0 Å². The number of likely N-dealkylation sites (N-methyl/N-ethyl adjacent to an activating group) is 1. The zero-order chi connectivity index (χ0) is 19.0. The number of nitrogens with one attached hydrogen (secondary N) is 1. The standard InChI is InChI=1S/C16H35N2O5P/c1-8-16(4,5)15(19)17-10-9-11-18(6,7)12-13-22-24(20,21)23-14(2)3/h14H,8-13H2,1-7H3,(H-,17,19,20,21)/p+1. The van der Waals surface area contributed by atoms with Crippen molar-refractivity contribution < 1.29 is 27.8 Å². The van der Waals surface area contributed by atoms with E-state index in [2.05, 4.69) is 5.32 Å². The highest BCUT2D eigenvalue weighted by atomic mass is 31.2. The van der Waals surface area contributed by atoms with Crippen LogP contribution in [-0.4, -0.2) is 61.7 Å². The van der Waals surface area contributed by atoms with Gasteiger partial charge in [-0.3, -0.25) is 13.8 Å². The van der Waals surface area contributed by atoms with E-state index in [-0.39, 0.29) is 24.0 Å². The Morgan fingerprint density at radius 3 is 2.38 bits per heavy atom. The molecule has 0 aromatic carbocycles. The molecule has 0 rings (SSSR count). The van der Waals surface area contributed by atoms with E-state index < -0.39 is 7.82 Å². The Hall–Kier alpha value is -0.460. The van der Waals surface area contributed by atoms with Gasteiger partial charge in [-0.05, 0) is 20.3 Å². The molecule has 24 heavy (non-hydrogen) atoms. The molecule has 0 saturated heterocycles. The topological polar surface area (TPSA) is 84.9 Å². The smallest absolute Gasteiger partial charge is 0.355 e. The van der Waals surface area contributed by atoms with Gasteiger partial charge in [-0.15, -0.1) is 0 Å². The molecule has 1 atom stereocenters. The number of carbonyl (C=O) groups is 1. The van der Waals surface area contributed by atoms with Crippen LogP contribution in [0.2, 0.25) is 0 Å². The molecular formula is C16H36N2O5P+. The third-order valence-corrected chi connectivity index (χ3v) is 5.22. The Labute approximate surface area is 146 Å². The average molecular weight is 367 g/mol. The van der Waals surface area contributed by atoms with Crippen LogP contribution in [0.1, 0.15) is 47.5 Å². The lowest BCUT2D eigenvalue weighted by Crippen LogP contribution is -2.44. The Bertz CT molecular complexity index is 438. The average Bonchev–Trinajstić information content (AvgIpc) is 2.41. The minimum Gasteiger partial charge on any atom is -0.355 e. The van der Waals surface area contributed by atoms with Crippen LogP contribution in [-0.2, 0) is 18.4 Å². The van der Waals surface area contributed by atoms with E-state index in [0.717, 1.165) is 19.4 Å². The van der Waals surface area contributed by atoms with Crippen LogP contribution < -0.4 is 5.32 Å². The minimum atomic E-state index is -3.97. The van der Waals surface area contributed by atoms with Gasteiger partial charge < -0.3 is 14.7 Å². The molecule has 7 nitrogen and oxygen atoms in total. The monoisotopic (exact) mass is 367 g/mol. The fourth-order valence-electron chi connectivity index (χ4n) is 1.92. The van der Waals surface area contributed by atoms with Gasteiger partial charge in [-0.25, -0.2) is 4.57 Å². The molecular weight excluding hydrogens is 331 g/mol. The Balaban J connectivity index is 4.06. The van der Waals surface area contributed by atoms with E-state index in [1.807, 2.05) is 34.9 Å². The van der Waals surface area contributed by atoms with Gasteiger partial charge in [-0.1, -0.05) is 20.8 Å². The largest absolute Gasteiger partial charge is 0.472 e. The first kappa shape index (κ1) is 23.5. The lowest BCUT2D eigenvalue weighted by molar-refractivity contribution is -0.890. The van der Waals surface area contributed by atoms with Crippen molar-refractivity contribution in [2.45, 2.75) is 53.6 Å². The molecule has 0 aromatic rings. The van der Waals surface area contributed by atoms with Gasteiger partial charge in [0.1, 0.15) is 13.2 Å². The first-order valence-electron chi connectivity index (χ1n) is 8.57. The summed E-state index contributed by atoms with van der Waals surface area (Å²) in [5.74, 6) is 0.0747. The lowest BCUT2D eigenvalue weighted by atomic mass is 9.89. The van der Waals surface area contributed by atoms with Gasteiger partial charge >= 0.3 is 7.82 Å². The van der Waals surface area contributed by atoms with Crippen LogP contribution in [0.3, 0.4) is 0 Å². The quantitative estimate of drug-likeness (QED) is 0.315. The summed E-state index contributed by atoms with van der Waals surface area (Å²) in [6, 6.07) is 0. The molecule has 8 heteroatoms. The Morgan fingerprint density at radius 2 is 1.88 bits per heavy atom. The van der Waals surface area contributed by atoms with Gasteiger partial charge in [0, 0.05) is 18.4 Å². The minimum absolute atomic E-state index is 0.0747. The molecule has 0 radical (unpaired) electrons. The summed E-state index contributed by atoms with van der Waals surface area (Å²) >= 11 is 0. The Morgan fingerprint density at radius 1 is 1.29 bits per heavy atom. The van der Waals surface area contributed by atoms with Crippen molar-refractivity contribution in [2.75, 3.05) is 40.3 Å². The van der Waals surface area contributed by atoms with Gasteiger partial charge in [0.15, 0.2) is 0 Å². The van der Waals surface area contributed by atoms with Crippen LogP contribution in [0.5, 0.6) is 0 Å². The zero-order valence-electron chi connectivity index (χ0n) is 16.3. The summed E-state index contributed by atoms with van der Waals surface area (Å²) in [6.07, 6.45) is 1.27. The SMILES string of the molecule is CCC(C)(C)C(=O)NCCC[N+](C)(C)CCOP(=O)(O)OC(C)C. The molecule has 0 heterocycles. The molecule has 1 amide bonds. The second-order valence-electron chi connectivity index (χ2n) is 7.69. The molecule has 0 aromatic heterocycles. The van der Waals surface area contributed by atoms with E-state index in [0.29, 0.717) is 17.6 Å². The van der Waals surface area contributed by atoms with Gasteiger partial charge in [0.25, 0.3) is 0 Å². The molecule has 0 fully saturated rings. The normalized spacial score (nSPS) is 15.4. The van der Waals surface area contributed by atoms with Crippen LogP contribution in [0.25, 0.3) is 0 Å². The molecule has 0 aliphatic carbocycles. The van der Waals surface area contributed by atoms with E-state index in [1.165, 1.54) is 0 Å². The summed E-state index contributed by atoms with van der Waals surface area (Å²) < 4.78 is 22.1. The fourth-order valence-corrected chi connectivity index (χ4v) is 2.83. The molecule has 1 unspecified atom stereocenters. The maximum absolute atomic E-state index is 12.0. The van der Waals surface area contributed by atoms with Crippen molar-refractivity contribution >= 4 is 13.7 Å². The molecule has 0 saturated carbocycles. The van der Waals surface area contributed by atoms with E-state index >= 15 is 0 Å². The van der Waals surface area contributed by atoms with Crippen LogP contribution >= 0.6 is 7.82 Å². The number of phosphoric acid groups is 1. The molecule has 0 aliphatic rings. The van der Waals surface area contributed by atoms with Crippen molar-refractivity contribution in [3.8, 4) is 0 Å². The number of hydrogen-bond acceptors (Lipinski definition) is 4. The number of nitrogens with zero attached hydrogens (tertiary/aromatic N) is 1. The number of quaternary nitrogens is 1. The van der Waals surface area contributed by atoms with Crippen molar-refractivity contribution in [1.82, 2.24) is 5.32 Å². The third-order valence-electron chi connectivity index (χ3n) is 4.02. The fraction of sp³-hybridized carbons (Fsp3) is 0.938. The summed E-state index contributed by atoms with van der Waals surface area (Å²) in [5.41, 5.74) is -0.336. The summed E-state index contributed by atoms with van der Waals surface area (Å²) in [6.45, 7) is 11.4. The van der Waals surface area contributed by atoms with Crippen LogP contribution in [0.15, 0.2) is 0 Å². The highest BCUT2D eigenvalue weighted by Gasteiger charge is 2.26. The van der Waals surface area contributed by atoms with Crippen LogP contribution in [0.4, 0.5) is 0 Å². The molecule has 0 aliphatic heterocycles. The van der Waals surface area contributed by atoms with Crippen molar-refractivity contribution in [2.24, 2.45) is 5.41 Å². The summed E-state index contributed by atoms with van der Waals surface area (Å²) in [7, 11) is 0.0725. The zero-order valence-corrected chi connectivity index (χ0v) is 17.2. The highest BCUT2D eigenvalue weighted by molar-refractivity contribution is 7.47. The maximum atomic E-state index is 12.0. The number of rotatable bonds is 12. The number of hydrogen-bond donors (Lipinski definition) is 2. The summed E-state index contributed by atoms with van der Waals surface area (Å²) in [4.78, 5) is 21.5. The van der Waals surface area contributed by atoms with Gasteiger partial charge in [0.2, 0.25) is 5.91 Å². The predicted molar refractivity (Wildman–Crippen MR) is 95.5 cm³/mol. The van der Waals surface area contributed by atoms with Crippen molar-refractivity contribution in [3.05, 3.63) is 0 Å². The number of phosphoric ester groups is 1. The lowest BCUT2D eigenvalue weighted by Gasteiger charge is -2.30. The Kier molecular flexibility index (Phi) is 9.69. The first-order valence-corrected chi connectivity index (χ1v) is 10.1. The number of carbonyl (C=O) groups excluding carboxylic acids is 1. The molecule has 0 bridgehead atoms. The maximum Gasteiger partial charge on any atom is 0.472 e. The molecule has 0 spiro atoms. The summed E-state index contributed by atoms with van der Waals surface area (Å²) in [5, 5.41) is 2.96.